The van der Waals surface area contributed by atoms with Crippen LogP contribution in [-0.4, -0.2) is 14.2 Å². The normalized spacial score (nSPS) is 11.6. The summed E-state index contributed by atoms with van der Waals surface area (Å²) in [5.74, 6) is 0. The Balaban J connectivity index is 0.00000253. The predicted octanol–water partition coefficient (Wildman–Crippen LogP) is 8.90. The van der Waals surface area contributed by atoms with Crippen LogP contribution in [0, 0.1) is 6.07 Å². The third kappa shape index (κ3) is 3.56. The number of fused-ring (bicyclic) bond motifs is 9. The maximum absolute atomic E-state index is 4.59. The van der Waals surface area contributed by atoms with E-state index in [1.165, 1.54) is 49.3 Å². The minimum absolute atomic E-state index is 0. The number of nitrogens with zero attached hydrogens (tertiary/aromatic N) is 3. The van der Waals surface area contributed by atoms with Crippen LogP contribution in [0.25, 0.3) is 71.3 Å². The van der Waals surface area contributed by atoms with Crippen molar-refractivity contribution in [1.82, 2.24) is 14.2 Å². The Hall–Kier alpha value is -4.24. The van der Waals surface area contributed by atoms with Gasteiger partial charge >= 0.3 is 0 Å². The summed E-state index contributed by atoms with van der Waals surface area (Å²) in [7, 11) is 0. The van der Waals surface area contributed by atoms with Crippen LogP contribution in [0.1, 0.15) is 6.92 Å². The van der Waals surface area contributed by atoms with Crippen molar-refractivity contribution in [3.63, 3.8) is 0 Å². The molecule has 8 rings (SSSR count). The summed E-state index contributed by atoms with van der Waals surface area (Å²) in [5.41, 5.74) is 9.47. The molecule has 0 aliphatic rings. The van der Waals surface area contributed by atoms with Crippen molar-refractivity contribution in [3.8, 4) is 22.3 Å². The first-order valence-electron chi connectivity index (χ1n) is 13.1. The molecule has 0 fully saturated rings. The SMILES string of the molecule is CCn1c2ccccc2c2cc(-c3cccc(-c4c[c-]c5c(c4)c4ccccc4c4ccnn54)c3)ccc21.[Ir]. The molecule has 0 spiro atoms. The van der Waals surface area contributed by atoms with Gasteiger partial charge in [0.05, 0.1) is 5.52 Å². The Labute approximate surface area is 239 Å². The summed E-state index contributed by atoms with van der Waals surface area (Å²) in [5, 5.41) is 10.8. The Bertz CT molecular complexity index is 2180. The van der Waals surface area contributed by atoms with Crippen molar-refractivity contribution >= 4 is 49.0 Å². The zero-order valence-electron chi connectivity index (χ0n) is 21.4. The molecule has 0 atom stereocenters. The molecular weight excluding hydrogens is 655 g/mol. The number of hydrogen-bond acceptors (Lipinski definition) is 1. The van der Waals surface area contributed by atoms with Crippen LogP contribution in [0.2, 0.25) is 0 Å². The molecule has 0 N–H and O–H groups in total. The Kier molecular flexibility index (Phi) is 5.62. The van der Waals surface area contributed by atoms with E-state index in [1.807, 2.05) is 10.7 Å². The second-order valence-electron chi connectivity index (χ2n) is 9.90. The van der Waals surface area contributed by atoms with Gasteiger partial charge in [-0.2, -0.15) is 23.3 Å². The fraction of sp³-hybridized carbons (Fsp3) is 0.0571. The van der Waals surface area contributed by atoms with Gasteiger partial charge in [-0.15, -0.1) is 10.9 Å². The maximum Gasteiger partial charge on any atom is 0.0711 e. The number of hydrogen-bond donors (Lipinski definition) is 0. The minimum atomic E-state index is 0. The third-order valence-corrected chi connectivity index (χ3v) is 7.88. The first-order valence-corrected chi connectivity index (χ1v) is 13.1. The standard InChI is InChI=1S/C35H24N3.Ir/c1-2-37-32-13-6-5-12-29(32)31-22-25(14-16-33(31)37)23-8-7-9-24(20-23)26-15-17-34-30(21-26)27-10-3-4-11-28(27)35-18-19-36-38(34)35;/h3-16,18-22H,2H2,1H3;/q-1;. The minimum Gasteiger partial charge on any atom is -0.341 e. The van der Waals surface area contributed by atoms with Gasteiger partial charge in [-0.1, -0.05) is 83.7 Å². The van der Waals surface area contributed by atoms with Gasteiger partial charge in [0.1, 0.15) is 0 Å². The number of pyridine rings is 1. The fourth-order valence-corrected chi connectivity index (χ4v) is 6.12. The molecule has 0 saturated carbocycles. The van der Waals surface area contributed by atoms with Gasteiger partial charge in [-0.3, -0.25) is 4.52 Å². The fourth-order valence-electron chi connectivity index (χ4n) is 6.12. The summed E-state index contributed by atoms with van der Waals surface area (Å²) in [6.07, 6.45) is 1.86. The van der Waals surface area contributed by atoms with Gasteiger partial charge in [0.15, 0.2) is 0 Å². The average Bonchev–Trinajstić information content (AvgIpc) is 3.60. The average molecular weight is 679 g/mol. The van der Waals surface area contributed by atoms with Gasteiger partial charge in [0.2, 0.25) is 0 Å². The van der Waals surface area contributed by atoms with Gasteiger partial charge in [-0.25, -0.2) is 0 Å². The molecule has 1 radical (unpaired) electrons. The van der Waals surface area contributed by atoms with E-state index in [2.05, 4.69) is 132 Å². The summed E-state index contributed by atoms with van der Waals surface area (Å²) in [6, 6.07) is 43.0. The van der Waals surface area contributed by atoms with E-state index in [0.717, 1.165) is 28.5 Å². The van der Waals surface area contributed by atoms with Crippen LogP contribution in [0.5, 0.6) is 0 Å². The first-order chi connectivity index (χ1) is 18.8. The van der Waals surface area contributed by atoms with E-state index in [1.54, 1.807) is 0 Å². The van der Waals surface area contributed by atoms with E-state index in [9.17, 15) is 0 Å². The number of rotatable bonds is 3. The second kappa shape index (κ2) is 9.20. The topological polar surface area (TPSA) is 22.2 Å². The molecule has 8 aromatic rings. The maximum atomic E-state index is 4.59. The van der Waals surface area contributed by atoms with Crippen LogP contribution < -0.4 is 0 Å². The number of aromatic nitrogens is 3. The molecule has 0 aliphatic carbocycles. The molecular formula is C35H24IrN3-. The van der Waals surface area contributed by atoms with Crippen molar-refractivity contribution in [3.05, 3.63) is 121 Å². The van der Waals surface area contributed by atoms with Crippen LogP contribution >= 0.6 is 0 Å². The quantitative estimate of drug-likeness (QED) is 0.135. The van der Waals surface area contributed by atoms with E-state index < -0.39 is 0 Å². The zero-order chi connectivity index (χ0) is 25.2. The van der Waals surface area contributed by atoms with Crippen molar-refractivity contribution in [1.29, 1.82) is 0 Å². The first kappa shape index (κ1) is 23.8. The number of para-hydroxylation sites is 1. The van der Waals surface area contributed by atoms with Crippen molar-refractivity contribution in [2.45, 2.75) is 13.5 Å². The van der Waals surface area contributed by atoms with Crippen LogP contribution in [0.4, 0.5) is 0 Å². The molecule has 3 aromatic heterocycles. The van der Waals surface area contributed by atoms with E-state index in [4.69, 9.17) is 0 Å². The molecule has 0 aliphatic heterocycles. The monoisotopic (exact) mass is 679 g/mol. The van der Waals surface area contributed by atoms with Gasteiger partial charge in [-0.05, 0) is 53.2 Å². The number of aryl methyl sites for hydroxylation is 1. The van der Waals surface area contributed by atoms with Crippen molar-refractivity contribution < 1.29 is 20.1 Å². The van der Waals surface area contributed by atoms with Gasteiger partial charge < -0.3 is 4.57 Å². The van der Waals surface area contributed by atoms with Gasteiger partial charge in [0.25, 0.3) is 0 Å². The molecule has 0 unspecified atom stereocenters. The van der Waals surface area contributed by atoms with E-state index in [-0.39, 0.29) is 20.1 Å². The molecule has 3 heterocycles. The van der Waals surface area contributed by atoms with Crippen LogP contribution in [0.3, 0.4) is 0 Å². The Morgan fingerprint density at radius 1 is 0.590 bits per heavy atom. The molecule has 0 saturated heterocycles. The largest absolute Gasteiger partial charge is 0.341 e. The predicted molar refractivity (Wildman–Crippen MR) is 159 cm³/mol. The summed E-state index contributed by atoms with van der Waals surface area (Å²) in [4.78, 5) is 0. The summed E-state index contributed by atoms with van der Waals surface area (Å²) in [6.45, 7) is 3.17. The Morgan fingerprint density at radius 2 is 1.26 bits per heavy atom. The summed E-state index contributed by atoms with van der Waals surface area (Å²) >= 11 is 0. The summed E-state index contributed by atoms with van der Waals surface area (Å²) < 4.78 is 4.40. The van der Waals surface area contributed by atoms with Crippen LogP contribution in [-0.2, 0) is 26.7 Å². The zero-order valence-corrected chi connectivity index (χ0v) is 23.7. The molecule has 0 amide bonds. The number of benzene rings is 5. The van der Waals surface area contributed by atoms with Gasteiger partial charge in [0, 0.05) is 54.7 Å². The molecule has 5 aromatic carbocycles. The van der Waals surface area contributed by atoms with Crippen molar-refractivity contribution in [2.24, 2.45) is 0 Å². The molecule has 0 bridgehead atoms. The smallest absolute Gasteiger partial charge is 0.0711 e. The molecule has 189 valence electrons. The van der Waals surface area contributed by atoms with E-state index in [0.29, 0.717) is 0 Å². The molecule has 4 heteroatoms. The second-order valence-corrected chi connectivity index (χ2v) is 9.90. The van der Waals surface area contributed by atoms with Crippen LogP contribution in [0.15, 0.2) is 115 Å². The third-order valence-electron chi connectivity index (χ3n) is 7.88. The molecule has 3 nitrogen and oxygen atoms in total. The Morgan fingerprint density at radius 3 is 2.08 bits per heavy atom. The van der Waals surface area contributed by atoms with Crippen molar-refractivity contribution in [2.75, 3.05) is 0 Å². The molecule has 39 heavy (non-hydrogen) atoms. The van der Waals surface area contributed by atoms with E-state index >= 15 is 0 Å².